The van der Waals surface area contributed by atoms with Crippen LogP contribution in [0.3, 0.4) is 0 Å². The summed E-state index contributed by atoms with van der Waals surface area (Å²) in [7, 11) is 0. The van der Waals surface area contributed by atoms with Gasteiger partial charge in [-0.05, 0) is 30.5 Å². The summed E-state index contributed by atoms with van der Waals surface area (Å²) in [5.74, 6) is -1.63. The molecule has 22 heavy (non-hydrogen) atoms. The Balaban J connectivity index is 2.32. The Bertz CT molecular complexity index is 655. The van der Waals surface area contributed by atoms with Gasteiger partial charge in [-0.2, -0.15) is 0 Å². The lowest BCUT2D eigenvalue weighted by Crippen LogP contribution is -2.49. The van der Waals surface area contributed by atoms with E-state index in [1.54, 1.807) is 6.08 Å². The molecule has 4 nitrogen and oxygen atoms in total. The van der Waals surface area contributed by atoms with Crippen molar-refractivity contribution in [3.8, 4) is 0 Å². The van der Waals surface area contributed by atoms with Gasteiger partial charge in [0, 0.05) is 0 Å². The van der Waals surface area contributed by atoms with Crippen LogP contribution in [0.25, 0.3) is 6.08 Å². The van der Waals surface area contributed by atoms with Gasteiger partial charge in [-0.25, -0.2) is 0 Å². The van der Waals surface area contributed by atoms with Crippen LogP contribution >= 0.6 is 24.0 Å². The molecular formula is C16H16NO3S2-. The van der Waals surface area contributed by atoms with Gasteiger partial charge < -0.3 is 9.90 Å². The Morgan fingerprint density at radius 2 is 2.14 bits per heavy atom. The average Bonchev–Trinajstić information content (AvgIpc) is 2.73. The van der Waals surface area contributed by atoms with E-state index in [0.717, 1.165) is 22.9 Å². The summed E-state index contributed by atoms with van der Waals surface area (Å²) in [6, 6.07) is 6.67. The maximum Gasteiger partial charge on any atom is 0.266 e. The van der Waals surface area contributed by atoms with Crippen LogP contribution in [0.4, 0.5) is 0 Å². The first-order valence-corrected chi connectivity index (χ1v) is 8.21. The van der Waals surface area contributed by atoms with Crippen LogP contribution in [0.2, 0.25) is 0 Å². The highest BCUT2D eigenvalue weighted by Gasteiger charge is 2.37. The van der Waals surface area contributed by atoms with E-state index < -0.39 is 12.0 Å². The van der Waals surface area contributed by atoms with Gasteiger partial charge in [0.1, 0.15) is 4.32 Å². The fourth-order valence-electron chi connectivity index (χ4n) is 2.26. The van der Waals surface area contributed by atoms with Crippen molar-refractivity contribution >= 4 is 46.3 Å². The molecule has 1 heterocycles. The zero-order chi connectivity index (χ0) is 16.3. The summed E-state index contributed by atoms with van der Waals surface area (Å²) in [6.45, 7) is 3.81. The molecule has 1 aliphatic rings. The summed E-state index contributed by atoms with van der Waals surface area (Å²) >= 11 is 6.32. The minimum atomic E-state index is -1.27. The lowest BCUT2D eigenvalue weighted by molar-refractivity contribution is -0.310. The first-order chi connectivity index (χ1) is 10.5. The van der Waals surface area contributed by atoms with Gasteiger partial charge >= 0.3 is 0 Å². The number of amides is 1. The van der Waals surface area contributed by atoms with Crippen molar-refractivity contribution in [3.05, 3.63) is 40.3 Å². The molecule has 0 bridgehead atoms. The highest BCUT2D eigenvalue weighted by Crippen LogP contribution is 2.35. The number of carbonyl (C=O) groups excluding carboxylic acids is 2. The normalized spacial score (nSPS) is 18.1. The SMILES string of the molecule is CCC[C@H](C(=O)[O-])N1C(=O)/C(=C/c2ccccc2C)SC1=S. The van der Waals surface area contributed by atoms with Crippen molar-refractivity contribution in [1.29, 1.82) is 0 Å². The van der Waals surface area contributed by atoms with Gasteiger partial charge in [0.2, 0.25) is 0 Å². The summed E-state index contributed by atoms with van der Waals surface area (Å²) in [5.41, 5.74) is 1.96. The molecule has 0 N–H and O–H groups in total. The van der Waals surface area contributed by atoms with E-state index in [0.29, 0.717) is 17.7 Å². The lowest BCUT2D eigenvalue weighted by atomic mass is 10.1. The standard InChI is InChI=1S/C16H17NO3S2/c1-3-6-12(15(19)20)17-14(18)13(22-16(17)21)9-11-8-5-4-7-10(11)2/h4-5,7-9,12H,3,6H2,1-2H3,(H,19,20)/p-1/b13-9-/t12-/m1/s1. The molecule has 1 aromatic carbocycles. The smallest absolute Gasteiger partial charge is 0.266 e. The van der Waals surface area contributed by atoms with Crippen LogP contribution in [-0.4, -0.2) is 27.1 Å². The Morgan fingerprint density at radius 3 is 2.73 bits per heavy atom. The molecule has 1 saturated heterocycles. The molecule has 1 aliphatic heterocycles. The quantitative estimate of drug-likeness (QED) is 0.610. The van der Waals surface area contributed by atoms with Gasteiger partial charge in [0.05, 0.1) is 16.9 Å². The first kappa shape index (κ1) is 16.7. The number of nitrogens with zero attached hydrogens (tertiary/aromatic N) is 1. The summed E-state index contributed by atoms with van der Waals surface area (Å²) in [4.78, 5) is 25.4. The molecule has 0 saturated carbocycles. The number of carbonyl (C=O) groups is 2. The molecule has 6 heteroatoms. The molecule has 0 aliphatic carbocycles. The van der Waals surface area contributed by atoms with Crippen molar-refractivity contribution in [1.82, 2.24) is 4.90 Å². The predicted molar refractivity (Wildman–Crippen MR) is 89.9 cm³/mol. The minimum absolute atomic E-state index is 0.271. The van der Waals surface area contributed by atoms with E-state index in [1.165, 1.54) is 4.90 Å². The molecule has 1 amide bonds. The third-order valence-corrected chi connectivity index (χ3v) is 4.77. The molecule has 1 aromatic rings. The van der Waals surface area contributed by atoms with E-state index in [9.17, 15) is 14.7 Å². The van der Waals surface area contributed by atoms with Crippen LogP contribution in [0.1, 0.15) is 30.9 Å². The van der Waals surface area contributed by atoms with Crippen molar-refractivity contribution in [3.63, 3.8) is 0 Å². The average molecular weight is 334 g/mol. The summed E-state index contributed by atoms with van der Waals surface area (Å²) in [5, 5.41) is 11.3. The van der Waals surface area contributed by atoms with E-state index >= 15 is 0 Å². The number of hydrogen-bond acceptors (Lipinski definition) is 5. The van der Waals surface area contributed by atoms with Crippen molar-refractivity contribution < 1.29 is 14.7 Å². The molecular weight excluding hydrogens is 318 g/mol. The highest BCUT2D eigenvalue weighted by atomic mass is 32.2. The number of thioether (sulfide) groups is 1. The van der Waals surface area contributed by atoms with Crippen LogP contribution in [0, 0.1) is 6.92 Å². The molecule has 0 aromatic heterocycles. The molecule has 2 rings (SSSR count). The Labute approximate surface area is 139 Å². The molecule has 0 spiro atoms. The Kier molecular flexibility index (Phi) is 5.37. The number of carboxylic acids is 1. The zero-order valence-electron chi connectivity index (χ0n) is 12.4. The van der Waals surface area contributed by atoms with Gasteiger partial charge in [0.15, 0.2) is 0 Å². The van der Waals surface area contributed by atoms with E-state index in [4.69, 9.17) is 12.2 Å². The number of aliphatic carboxylic acids is 1. The number of rotatable bonds is 5. The second kappa shape index (κ2) is 7.07. The third-order valence-electron chi connectivity index (χ3n) is 3.44. The second-order valence-corrected chi connectivity index (χ2v) is 6.71. The van der Waals surface area contributed by atoms with Crippen molar-refractivity contribution in [2.75, 3.05) is 0 Å². The van der Waals surface area contributed by atoms with Crippen LogP contribution in [0.15, 0.2) is 29.2 Å². The fourth-order valence-corrected chi connectivity index (χ4v) is 3.61. The number of thiocarbonyl (C=S) groups is 1. The summed E-state index contributed by atoms with van der Waals surface area (Å²) in [6.07, 6.45) is 2.71. The van der Waals surface area contributed by atoms with Crippen molar-refractivity contribution in [2.45, 2.75) is 32.7 Å². The van der Waals surface area contributed by atoms with E-state index in [2.05, 4.69) is 0 Å². The fraction of sp³-hybridized carbons (Fsp3) is 0.312. The number of hydrogen-bond donors (Lipinski definition) is 0. The van der Waals surface area contributed by atoms with E-state index in [1.807, 2.05) is 38.1 Å². The molecule has 116 valence electrons. The highest BCUT2D eigenvalue weighted by molar-refractivity contribution is 8.26. The van der Waals surface area contributed by atoms with Gasteiger partial charge in [0.25, 0.3) is 5.91 Å². The molecule has 0 radical (unpaired) electrons. The predicted octanol–water partition coefficient (Wildman–Crippen LogP) is 2.11. The maximum absolute atomic E-state index is 12.5. The van der Waals surface area contributed by atoms with E-state index in [-0.39, 0.29) is 10.2 Å². The molecule has 0 unspecified atom stereocenters. The second-order valence-electron chi connectivity index (χ2n) is 5.03. The largest absolute Gasteiger partial charge is 0.548 e. The van der Waals surface area contributed by atoms with Crippen molar-refractivity contribution in [2.24, 2.45) is 0 Å². The van der Waals surface area contributed by atoms with Gasteiger partial charge in [-0.1, -0.05) is 61.6 Å². The van der Waals surface area contributed by atoms with Gasteiger partial charge in [-0.15, -0.1) is 0 Å². The number of carboxylic acid groups (broad SMARTS) is 1. The topological polar surface area (TPSA) is 60.4 Å². The Morgan fingerprint density at radius 1 is 1.45 bits per heavy atom. The van der Waals surface area contributed by atoms with Gasteiger partial charge in [-0.3, -0.25) is 9.69 Å². The minimum Gasteiger partial charge on any atom is -0.548 e. The zero-order valence-corrected chi connectivity index (χ0v) is 14.0. The summed E-state index contributed by atoms with van der Waals surface area (Å²) < 4.78 is 0.271. The van der Waals surface area contributed by atoms with Crippen LogP contribution in [0.5, 0.6) is 0 Å². The number of benzene rings is 1. The monoisotopic (exact) mass is 334 g/mol. The Hall–Kier alpha value is -1.66. The third kappa shape index (κ3) is 3.39. The number of aryl methyl sites for hydroxylation is 1. The lowest BCUT2D eigenvalue weighted by Gasteiger charge is -2.27. The van der Waals surface area contributed by atoms with Crippen LogP contribution < -0.4 is 5.11 Å². The van der Waals surface area contributed by atoms with Crippen LogP contribution in [-0.2, 0) is 9.59 Å². The first-order valence-electron chi connectivity index (χ1n) is 6.99. The molecule has 1 atom stereocenters. The molecule has 1 fully saturated rings. The maximum atomic E-state index is 12.5.